The molecule has 0 bridgehead atoms. The van der Waals surface area contributed by atoms with E-state index in [-0.39, 0.29) is 23.8 Å². The van der Waals surface area contributed by atoms with Crippen LogP contribution in [0.5, 0.6) is 0 Å². The summed E-state index contributed by atoms with van der Waals surface area (Å²) in [6.45, 7) is 7.11. The van der Waals surface area contributed by atoms with Crippen molar-refractivity contribution >= 4 is 29.1 Å². The van der Waals surface area contributed by atoms with Crippen molar-refractivity contribution < 1.29 is 14.4 Å². The summed E-state index contributed by atoms with van der Waals surface area (Å²) in [7, 11) is 0. The molecule has 138 valence electrons. The molecule has 0 radical (unpaired) electrons. The first-order valence-electron chi connectivity index (χ1n) is 8.79. The van der Waals surface area contributed by atoms with Gasteiger partial charge in [0.25, 0.3) is 5.91 Å². The van der Waals surface area contributed by atoms with Crippen LogP contribution in [0.2, 0.25) is 0 Å². The van der Waals surface area contributed by atoms with Gasteiger partial charge in [-0.1, -0.05) is 19.9 Å². The Morgan fingerprint density at radius 3 is 2.48 bits per heavy atom. The first kappa shape index (κ1) is 19.4. The van der Waals surface area contributed by atoms with Gasteiger partial charge in [-0.15, -0.1) is 11.3 Å². The molecule has 1 aliphatic heterocycles. The third-order valence-electron chi connectivity index (χ3n) is 4.26. The van der Waals surface area contributed by atoms with Crippen molar-refractivity contribution in [3.05, 3.63) is 22.4 Å². The first-order chi connectivity index (χ1) is 11.9. The smallest absolute Gasteiger partial charge is 0.261 e. The predicted molar refractivity (Wildman–Crippen MR) is 98.4 cm³/mol. The third kappa shape index (κ3) is 5.85. The van der Waals surface area contributed by atoms with Gasteiger partial charge in [0.2, 0.25) is 11.8 Å². The Morgan fingerprint density at radius 1 is 1.24 bits per heavy atom. The fourth-order valence-corrected chi connectivity index (χ4v) is 3.45. The summed E-state index contributed by atoms with van der Waals surface area (Å²) in [5, 5.41) is 7.52. The molecule has 2 heterocycles. The highest BCUT2D eigenvalue weighted by Crippen LogP contribution is 2.14. The van der Waals surface area contributed by atoms with Crippen LogP contribution in [-0.4, -0.2) is 47.8 Å². The third-order valence-corrected chi connectivity index (χ3v) is 5.13. The maximum Gasteiger partial charge on any atom is 0.261 e. The molecule has 1 unspecified atom stereocenters. The molecule has 1 atom stereocenters. The summed E-state index contributed by atoms with van der Waals surface area (Å²) in [5.74, 6) is 0.137. The minimum atomic E-state index is -0.588. The average Bonchev–Trinajstić information content (AvgIpc) is 3.09. The summed E-state index contributed by atoms with van der Waals surface area (Å²) in [4.78, 5) is 38.8. The molecular weight excluding hydrogens is 338 g/mol. The van der Waals surface area contributed by atoms with Crippen molar-refractivity contribution in [2.45, 2.75) is 52.1 Å². The van der Waals surface area contributed by atoms with Crippen LogP contribution in [0.4, 0.5) is 0 Å². The van der Waals surface area contributed by atoms with Crippen LogP contribution >= 0.6 is 11.3 Å². The van der Waals surface area contributed by atoms with E-state index in [2.05, 4.69) is 10.6 Å². The topological polar surface area (TPSA) is 78.5 Å². The predicted octanol–water partition coefficient (Wildman–Crippen LogP) is 2.02. The second kappa shape index (κ2) is 8.99. The molecule has 1 fully saturated rings. The fraction of sp³-hybridized carbons (Fsp3) is 0.611. The molecule has 1 aromatic rings. The van der Waals surface area contributed by atoms with Crippen molar-refractivity contribution in [3.63, 3.8) is 0 Å². The fourth-order valence-electron chi connectivity index (χ4n) is 2.82. The van der Waals surface area contributed by atoms with Crippen LogP contribution in [-0.2, 0) is 9.59 Å². The molecule has 3 amide bonds. The van der Waals surface area contributed by atoms with Crippen LogP contribution in [0.15, 0.2) is 17.5 Å². The summed E-state index contributed by atoms with van der Waals surface area (Å²) < 4.78 is 0. The molecule has 1 aliphatic rings. The van der Waals surface area contributed by atoms with Crippen molar-refractivity contribution in [1.82, 2.24) is 15.5 Å². The lowest BCUT2D eigenvalue weighted by Crippen LogP contribution is -2.51. The van der Waals surface area contributed by atoms with E-state index in [4.69, 9.17) is 0 Å². The summed E-state index contributed by atoms with van der Waals surface area (Å²) in [6.07, 6.45) is 2.07. The van der Waals surface area contributed by atoms with Gasteiger partial charge in [-0.2, -0.15) is 0 Å². The number of rotatable bonds is 6. The molecule has 0 aliphatic carbocycles. The largest absolute Gasteiger partial charge is 0.351 e. The highest BCUT2D eigenvalue weighted by atomic mass is 32.1. The summed E-state index contributed by atoms with van der Waals surface area (Å²) in [5.41, 5.74) is 0. The van der Waals surface area contributed by atoms with Crippen molar-refractivity contribution in [2.75, 3.05) is 13.1 Å². The maximum atomic E-state index is 12.3. The number of amides is 3. The van der Waals surface area contributed by atoms with Crippen molar-refractivity contribution in [2.24, 2.45) is 5.92 Å². The van der Waals surface area contributed by atoms with Gasteiger partial charge in [-0.25, -0.2) is 0 Å². The molecular formula is C18H27N3O3S. The van der Waals surface area contributed by atoms with E-state index in [9.17, 15) is 14.4 Å². The van der Waals surface area contributed by atoms with E-state index >= 15 is 0 Å². The molecule has 0 spiro atoms. The quantitative estimate of drug-likeness (QED) is 0.809. The van der Waals surface area contributed by atoms with Crippen molar-refractivity contribution in [1.29, 1.82) is 0 Å². The van der Waals surface area contributed by atoms with Gasteiger partial charge in [0.1, 0.15) is 6.04 Å². The Morgan fingerprint density at radius 2 is 1.92 bits per heavy atom. The van der Waals surface area contributed by atoms with Gasteiger partial charge in [0, 0.05) is 25.6 Å². The molecule has 0 saturated carbocycles. The van der Waals surface area contributed by atoms with Gasteiger partial charge < -0.3 is 15.5 Å². The summed E-state index contributed by atoms with van der Waals surface area (Å²) in [6, 6.07) is 3.00. The minimum Gasteiger partial charge on any atom is -0.351 e. The molecule has 0 aromatic carbocycles. The monoisotopic (exact) mass is 365 g/mol. The molecule has 2 N–H and O–H groups in total. The SMILES string of the molecule is CC(C)CC(=O)N1CCC(NC(=O)C(C)NC(=O)c2cccs2)CC1. The number of hydrogen-bond donors (Lipinski definition) is 2. The zero-order valence-corrected chi connectivity index (χ0v) is 15.9. The Bertz CT molecular complexity index is 593. The van der Waals surface area contributed by atoms with Gasteiger partial charge in [0.15, 0.2) is 0 Å². The van der Waals surface area contributed by atoms with E-state index in [1.165, 1.54) is 11.3 Å². The average molecular weight is 365 g/mol. The van der Waals surface area contributed by atoms with E-state index in [0.29, 0.717) is 30.3 Å². The zero-order valence-electron chi connectivity index (χ0n) is 15.1. The van der Waals surface area contributed by atoms with Gasteiger partial charge in [-0.05, 0) is 37.1 Å². The van der Waals surface area contributed by atoms with Crippen LogP contribution in [0, 0.1) is 5.92 Å². The lowest BCUT2D eigenvalue weighted by molar-refractivity contribution is -0.133. The molecule has 1 aromatic heterocycles. The Labute approximate surface area is 153 Å². The highest BCUT2D eigenvalue weighted by molar-refractivity contribution is 7.12. The highest BCUT2D eigenvalue weighted by Gasteiger charge is 2.26. The van der Waals surface area contributed by atoms with Crippen LogP contribution < -0.4 is 10.6 Å². The zero-order chi connectivity index (χ0) is 18.4. The number of carbonyl (C=O) groups is 3. The number of likely N-dealkylation sites (tertiary alicyclic amines) is 1. The van der Waals surface area contributed by atoms with Gasteiger partial charge in [0.05, 0.1) is 4.88 Å². The van der Waals surface area contributed by atoms with Crippen LogP contribution in [0.25, 0.3) is 0 Å². The lowest BCUT2D eigenvalue weighted by Gasteiger charge is -2.33. The van der Waals surface area contributed by atoms with E-state index in [0.717, 1.165) is 12.8 Å². The number of hydrogen-bond acceptors (Lipinski definition) is 4. The molecule has 25 heavy (non-hydrogen) atoms. The molecule has 6 nitrogen and oxygen atoms in total. The number of thiophene rings is 1. The molecule has 2 rings (SSSR count). The standard InChI is InChI=1S/C18H27N3O3S/c1-12(2)11-16(22)21-8-6-14(7-9-21)20-17(23)13(3)19-18(24)15-5-4-10-25-15/h4-5,10,12-14H,6-9,11H2,1-3H3,(H,19,24)(H,20,23). The normalized spacial score (nSPS) is 16.6. The Kier molecular flexibility index (Phi) is 6.99. The first-order valence-corrected chi connectivity index (χ1v) is 9.67. The number of carbonyl (C=O) groups excluding carboxylic acids is 3. The minimum absolute atomic E-state index is 0.0525. The second-order valence-electron chi connectivity index (χ2n) is 6.93. The number of nitrogens with zero attached hydrogens (tertiary/aromatic N) is 1. The van der Waals surface area contributed by atoms with Gasteiger partial charge >= 0.3 is 0 Å². The lowest BCUT2D eigenvalue weighted by atomic mass is 10.0. The van der Waals surface area contributed by atoms with Gasteiger partial charge in [-0.3, -0.25) is 14.4 Å². The van der Waals surface area contributed by atoms with E-state index < -0.39 is 6.04 Å². The Balaban J connectivity index is 1.74. The number of nitrogens with one attached hydrogen (secondary N) is 2. The van der Waals surface area contributed by atoms with Crippen LogP contribution in [0.1, 0.15) is 49.7 Å². The van der Waals surface area contributed by atoms with Crippen LogP contribution in [0.3, 0.4) is 0 Å². The number of piperidine rings is 1. The second-order valence-corrected chi connectivity index (χ2v) is 7.88. The maximum absolute atomic E-state index is 12.3. The Hall–Kier alpha value is -1.89. The van der Waals surface area contributed by atoms with Crippen molar-refractivity contribution in [3.8, 4) is 0 Å². The molecule has 1 saturated heterocycles. The summed E-state index contributed by atoms with van der Waals surface area (Å²) >= 11 is 1.35. The molecule has 7 heteroatoms. The van der Waals surface area contributed by atoms with E-state index in [1.54, 1.807) is 19.1 Å². The van der Waals surface area contributed by atoms with E-state index in [1.807, 2.05) is 24.1 Å².